The number of halogens is 3. The predicted octanol–water partition coefficient (Wildman–Crippen LogP) is 4.14. The zero-order valence-electron chi connectivity index (χ0n) is 13.8. The molecule has 1 aliphatic heterocycles. The monoisotopic (exact) mass is 405 g/mol. The van der Waals surface area contributed by atoms with Gasteiger partial charge in [0, 0.05) is 24.6 Å². The summed E-state index contributed by atoms with van der Waals surface area (Å²) in [5.74, 6) is 0. The molecule has 0 bridgehead atoms. The number of hydrogen-bond donors (Lipinski definition) is 0. The molecule has 2 heterocycles. The summed E-state index contributed by atoms with van der Waals surface area (Å²) < 4.78 is 72.7. The minimum atomic E-state index is -4.75. The summed E-state index contributed by atoms with van der Waals surface area (Å²) in [5, 5.41) is 1.80. The number of rotatable bonds is 6. The first-order valence-corrected chi connectivity index (χ1v) is 10.4. The maximum atomic E-state index is 13.3. The highest BCUT2D eigenvalue weighted by molar-refractivity contribution is 7.89. The molecule has 142 valence electrons. The van der Waals surface area contributed by atoms with Crippen LogP contribution in [0, 0.1) is 0 Å². The normalized spacial score (nSPS) is 18.5. The number of alkyl halides is 3. The van der Waals surface area contributed by atoms with E-state index in [4.69, 9.17) is 4.74 Å². The van der Waals surface area contributed by atoms with E-state index in [-0.39, 0.29) is 19.2 Å². The van der Waals surface area contributed by atoms with Crippen molar-refractivity contribution in [2.75, 3.05) is 13.2 Å². The molecule has 1 atom stereocenters. The number of hydrogen-bond acceptors (Lipinski definition) is 4. The number of thiophene rings is 1. The third kappa shape index (κ3) is 4.28. The van der Waals surface area contributed by atoms with Crippen LogP contribution in [0.2, 0.25) is 0 Å². The van der Waals surface area contributed by atoms with Crippen LogP contribution >= 0.6 is 11.3 Å². The average molecular weight is 405 g/mol. The molecule has 1 unspecified atom stereocenters. The molecule has 0 amide bonds. The first-order chi connectivity index (χ1) is 12.3. The molecule has 9 heteroatoms. The Hall–Kier alpha value is -1.42. The van der Waals surface area contributed by atoms with Gasteiger partial charge >= 0.3 is 6.18 Å². The number of nitrogens with zero attached hydrogens (tertiary/aromatic N) is 1. The molecular weight excluding hydrogens is 387 g/mol. The average Bonchev–Trinajstić information content (AvgIpc) is 3.27. The van der Waals surface area contributed by atoms with E-state index in [0.717, 1.165) is 27.7 Å². The lowest BCUT2D eigenvalue weighted by molar-refractivity contribution is -0.139. The molecule has 0 saturated carbocycles. The van der Waals surface area contributed by atoms with Gasteiger partial charge in [0.15, 0.2) is 0 Å². The summed E-state index contributed by atoms with van der Waals surface area (Å²) in [6.45, 7) is 0.592. The lowest BCUT2D eigenvalue weighted by Crippen LogP contribution is -2.37. The van der Waals surface area contributed by atoms with Crippen LogP contribution in [-0.2, 0) is 27.5 Å². The van der Waals surface area contributed by atoms with Crippen molar-refractivity contribution < 1.29 is 26.3 Å². The van der Waals surface area contributed by atoms with Gasteiger partial charge in [-0.2, -0.15) is 17.5 Å². The minimum absolute atomic E-state index is 0.0199. The Morgan fingerprint density at radius 3 is 2.58 bits per heavy atom. The summed E-state index contributed by atoms with van der Waals surface area (Å²) in [5.41, 5.74) is -1.15. The largest absolute Gasteiger partial charge is 0.417 e. The SMILES string of the molecule is O=S(=O)(c1ccccc1C(F)(F)F)N(Cc1cccs1)CC1CCCO1. The Balaban J connectivity index is 1.98. The third-order valence-corrected chi connectivity index (χ3v) is 6.88. The third-order valence-electron chi connectivity index (χ3n) is 4.15. The van der Waals surface area contributed by atoms with E-state index in [1.165, 1.54) is 23.5 Å². The second-order valence-electron chi connectivity index (χ2n) is 6.01. The van der Waals surface area contributed by atoms with Crippen LogP contribution in [0.4, 0.5) is 13.2 Å². The van der Waals surface area contributed by atoms with Crippen molar-refractivity contribution in [3.05, 3.63) is 52.2 Å². The van der Waals surface area contributed by atoms with E-state index in [0.29, 0.717) is 13.0 Å². The van der Waals surface area contributed by atoms with Gasteiger partial charge in [0.05, 0.1) is 16.6 Å². The van der Waals surface area contributed by atoms with Crippen molar-refractivity contribution in [1.82, 2.24) is 4.31 Å². The van der Waals surface area contributed by atoms with Gasteiger partial charge in [-0.15, -0.1) is 11.3 Å². The van der Waals surface area contributed by atoms with Crippen LogP contribution in [0.3, 0.4) is 0 Å². The molecule has 1 aromatic heterocycles. The smallest absolute Gasteiger partial charge is 0.377 e. The van der Waals surface area contributed by atoms with Crippen LogP contribution in [0.15, 0.2) is 46.7 Å². The molecule has 2 aromatic rings. The second-order valence-corrected chi connectivity index (χ2v) is 8.94. The maximum absolute atomic E-state index is 13.3. The van der Waals surface area contributed by atoms with Crippen LogP contribution in [0.5, 0.6) is 0 Å². The fourth-order valence-electron chi connectivity index (χ4n) is 2.90. The van der Waals surface area contributed by atoms with Gasteiger partial charge in [-0.25, -0.2) is 8.42 Å². The predicted molar refractivity (Wildman–Crippen MR) is 92.3 cm³/mol. The van der Waals surface area contributed by atoms with E-state index in [2.05, 4.69) is 0 Å². The number of benzene rings is 1. The molecule has 1 aliphatic rings. The molecule has 3 rings (SSSR count). The Kier molecular flexibility index (Phi) is 5.71. The quantitative estimate of drug-likeness (QED) is 0.726. The summed E-state index contributed by atoms with van der Waals surface area (Å²) in [7, 11) is -4.34. The van der Waals surface area contributed by atoms with E-state index >= 15 is 0 Å². The van der Waals surface area contributed by atoms with Crippen molar-refractivity contribution in [1.29, 1.82) is 0 Å². The lowest BCUT2D eigenvalue weighted by Gasteiger charge is -2.25. The Morgan fingerprint density at radius 2 is 1.96 bits per heavy atom. The van der Waals surface area contributed by atoms with Crippen molar-refractivity contribution in [2.24, 2.45) is 0 Å². The Bertz CT molecular complexity index is 829. The molecule has 1 fully saturated rings. The second kappa shape index (κ2) is 7.67. The van der Waals surface area contributed by atoms with Gasteiger partial charge in [0.2, 0.25) is 10.0 Å². The van der Waals surface area contributed by atoms with Crippen LogP contribution in [-0.4, -0.2) is 32.0 Å². The fraction of sp³-hybridized carbons (Fsp3) is 0.412. The number of sulfonamides is 1. The van der Waals surface area contributed by atoms with E-state index in [9.17, 15) is 21.6 Å². The zero-order valence-corrected chi connectivity index (χ0v) is 15.4. The molecule has 0 aliphatic carbocycles. The molecule has 0 spiro atoms. The Morgan fingerprint density at radius 1 is 1.19 bits per heavy atom. The van der Waals surface area contributed by atoms with Crippen LogP contribution in [0.1, 0.15) is 23.3 Å². The summed E-state index contributed by atoms with van der Waals surface area (Å²) >= 11 is 1.36. The topological polar surface area (TPSA) is 46.6 Å². The summed E-state index contributed by atoms with van der Waals surface area (Å²) in [4.78, 5) is 0.0399. The van der Waals surface area contributed by atoms with Gasteiger partial charge in [0.25, 0.3) is 0 Å². The van der Waals surface area contributed by atoms with Crippen molar-refractivity contribution in [2.45, 2.75) is 36.6 Å². The molecule has 0 N–H and O–H groups in total. The van der Waals surface area contributed by atoms with Gasteiger partial charge in [-0.3, -0.25) is 0 Å². The number of ether oxygens (including phenoxy) is 1. The lowest BCUT2D eigenvalue weighted by atomic mass is 10.2. The van der Waals surface area contributed by atoms with Crippen molar-refractivity contribution in [3.8, 4) is 0 Å². The van der Waals surface area contributed by atoms with E-state index < -0.39 is 26.7 Å². The highest BCUT2D eigenvalue weighted by Crippen LogP contribution is 2.36. The van der Waals surface area contributed by atoms with E-state index in [1.54, 1.807) is 17.5 Å². The molecular formula is C17H18F3NO3S2. The first kappa shape index (κ1) is 19.3. The highest BCUT2D eigenvalue weighted by atomic mass is 32.2. The molecule has 4 nitrogen and oxygen atoms in total. The van der Waals surface area contributed by atoms with Gasteiger partial charge in [0.1, 0.15) is 0 Å². The maximum Gasteiger partial charge on any atom is 0.417 e. The van der Waals surface area contributed by atoms with Gasteiger partial charge < -0.3 is 4.74 Å². The van der Waals surface area contributed by atoms with Crippen LogP contribution in [0.25, 0.3) is 0 Å². The van der Waals surface area contributed by atoms with Crippen molar-refractivity contribution in [3.63, 3.8) is 0 Å². The summed E-state index contributed by atoms with van der Waals surface area (Å²) in [6.07, 6.45) is -3.54. The van der Waals surface area contributed by atoms with Crippen molar-refractivity contribution >= 4 is 21.4 Å². The molecule has 26 heavy (non-hydrogen) atoms. The fourth-order valence-corrected chi connectivity index (χ4v) is 5.37. The first-order valence-electron chi connectivity index (χ1n) is 8.09. The summed E-state index contributed by atoms with van der Waals surface area (Å²) in [6, 6.07) is 7.83. The Labute approximate surface area is 154 Å². The van der Waals surface area contributed by atoms with Gasteiger partial charge in [-0.05, 0) is 36.4 Å². The van der Waals surface area contributed by atoms with Gasteiger partial charge in [-0.1, -0.05) is 18.2 Å². The standard InChI is InChI=1S/C17H18F3NO3S2/c18-17(19,20)15-7-1-2-8-16(15)26(22,23)21(11-13-5-3-9-24-13)12-14-6-4-10-25-14/h1-2,4,6-8,10,13H,3,5,9,11-12H2. The van der Waals surface area contributed by atoms with E-state index in [1.807, 2.05) is 0 Å². The molecule has 1 aromatic carbocycles. The highest BCUT2D eigenvalue weighted by Gasteiger charge is 2.39. The minimum Gasteiger partial charge on any atom is -0.377 e. The molecule has 1 saturated heterocycles. The zero-order chi connectivity index (χ0) is 18.8. The molecule has 0 radical (unpaired) electrons. The van der Waals surface area contributed by atoms with Crippen LogP contribution < -0.4 is 0 Å².